The van der Waals surface area contributed by atoms with Gasteiger partial charge in [-0.15, -0.1) is 0 Å². The number of likely N-dealkylation sites (N-methyl/N-ethyl adjacent to an activating group) is 1. The van der Waals surface area contributed by atoms with Crippen molar-refractivity contribution >= 4 is 23.4 Å². The largest absolute Gasteiger partial charge is 0.389 e. The van der Waals surface area contributed by atoms with Crippen molar-refractivity contribution < 1.29 is 24.7 Å². The van der Waals surface area contributed by atoms with Gasteiger partial charge >= 0.3 is 0 Å². The molecule has 1 heterocycles. The van der Waals surface area contributed by atoms with Gasteiger partial charge in [0.05, 0.1) is 6.10 Å². The van der Waals surface area contributed by atoms with Gasteiger partial charge in [0.15, 0.2) is 6.04 Å². The number of hydroxylamine groups is 1. The van der Waals surface area contributed by atoms with Crippen LogP contribution in [-0.4, -0.2) is 60.3 Å². The van der Waals surface area contributed by atoms with Gasteiger partial charge in [-0.25, -0.2) is 5.48 Å². The summed E-state index contributed by atoms with van der Waals surface area (Å²) in [7, 11) is 1.32. The summed E-state index contributed by atoms with van der Waals surface area (Å²) in [5, 5.41) is 22.7. The minimum absolute atomic E-state index is 0.263. The van der Waals surface area contributed by atoms with E-state index < -0.39 is 23.8 Å². The number of nitrogens with zero attached hydrogens (tertiary/aromatic N) is 1. The van der Waals surface area contributed by atoms with Gasteiger partial charge in [-0.1, -0.05) is 24.3 Å². The first-order chi connectivity index (χ1) is 13.9. The van der Waals surface area contributed by atoms with Crippen LogP contribution < -0.4 is 21.0 Å². The first-order valence-corrected chi connectivity index (χ1v) is 9.03. The summed E-state index contributed by atoms with van der Waals surface area (Å²) in [6.07, 6.45) is -0.264. The molecule has 2 aromatic carbocycles. The van der Waals surface area contributed by atoms with E-state index in [1.54, 1.807) is 24.3 Å². The first-order valence-electron chi connectivity index (χ1n) is 9.03. The lowest BCUT2D eigenvalue weighted by atomic mass is 10.0. The Labute approximate surface area is 167 Å². The Hall–Kier alpha value is -3.43. The molecule has 5 N–H and O–H groups in total. The van der Waals surface area contributed by atoms with Crippen molar-refractivity contribution in [1.29, 1.82) is 0 Å². The van der Waals surface area contributed by atoms with Crippen molar-refractivity contribution in [2.24, 2.45) is 0 Å². The Morgan fingerprint density at radius 2 is 1.52 bits per heavy atom. The highest BCUT2D eigenvalue weighted by molar-refractivity contribution is 6.08. The minimum atomic E-state index is -1.55. The summed E-state index contributed by atoms with van der Waals surface area (Å²) in [5.74, 6) is -2.42. The van der Waals surface area contributed by atoms with E-state index in [0.717, 1.165) is 16.8 Å². The molecule has 1 unspecified atom stereocenters. The number of hydrogen-bond acceptors (Lipinski definition) is 6. The van der Waals surface area contributed by atoms with E-state index in [2.05, 4.69) is 15.5 Å². The summed E-state index contributed by atoms with van der Waals surface area (Å²) in [4.78, 5) is 37.7. The third kappa shape index (κ3) is 4.53. The van der Waals surface area contributed by atoms with Gasteiger partial charge in [-0.05, 0) is 35.4 Å². The molecule has 152 valence electrons. The van der Waals surface area contributed by atoms with Crippen molar-refractivity contribution in [3.8, 4) is 11.1 Å². The van der Waals surface area contributed by atoms with Crippen LogP contribution in [0.25, 0.3) is 11.1 Å². The zero-order chi connectivity index (χ0) is 21.0. The third-order valence-corrected chi connectivity index (χ3v) is 4.73. The van der Waals surface area contributed by atoms with Crippen molar-refractivity contribution in [3.05, 3.63) is 54.1 Å². The number of benzene rings is 2. The molecule has 1 saturated heterocycles. The molecule has 1 aliphatic rings. The van der Waals surface area contributed by atoms with Gasteiger partial charge in [0.1, 0.15) is 0 Å². The lowest BCUT2D eigenvalue weighted by Gasteiger charge is -2.37. The third-order valence-electron chi connectivity index (χ3n) is 4.73. The molecule has 29 heavy (non-hydrogen) atoms. The number of rotatable bonds is 6. The highest BCUT2D eigenvalue weighted by Crippen LogP contribution is 2.26. The van der Waals surface area contributed by atoms with E-state index in [0.29, 0.717) is 13.1 Å². The van der Waals surface area contributed by atoms with Crippen molar-refractivity contribution in [2.45, 2.75) is 12.1 Å². The smallest absolute Gasteiger partial charge is 0.275 e. The van der Waals surface area contributed by atoms with E-state index in [9.17, 15) is 19.5 Å². The van der Waals surface area contributed by atoms with Crippen LogP contribution in [-0.2, 0) is 9.59 Å². The van der Waals surface area contributed by atoms with E-state index >= 15 is 0 Å². The number of carbonyl (C=O) groups excluding carboxylic acids is 3. The molecule has 3 rings (SSSR count). The highest BCUT2D eigenvalue weighted by atomic mass is 16.5. The lowest BCUT2D eigenvalue weighted by Crippen LogP contribution is -2.54. The molecular weight excluding hydrogens is 376 g/mol. The number of β-amino-alcohol motifs (C(OH)–C–C–N with tert-alkyl or cyclic N) is 1. The predicted octanol–water partition coefficient (Wildman–Crippen LogP) is -0.116. The Morgan fingerprint density at radius 3 is 2.00 bits per heavy atom. The fourth-order valence-corrected chi connectivity index (χ4v) is 3.02. The second-order valence-corrected chi connectivity index (χ2v) is 6.68. The van der Waals surface area contributed by atoms with Crippen LogP contribution in [0, 0.1) is 0 Å². The first kappa shape index (κ1) is 20.3. The van der Waals surface area contributed by atoms with Crippen LogP contribution in [0.15, 0.2) is 48.5 Å². The van der Waals surface area contributed by atoms with Gasteiger partial charge in [0.25, 0.3) is 17.7 Å². The molecule has 3 amide bonds. The average Bonchev–Trinajstić information content (AvgIpc) is 2.74. The number of aliphatic hydroxyl groups is 1. The maximum absolute atomic E-state index is 12.4. The van der Waals surface area contributed by atoms with Gasteiger partial charge in [0.2, 0.25) is 0 Å². The van der Waals surface area contributed by atoms with Crippen LogP contribution in [0.2, 0.25) is 0 Å². The molecule has 1 atom stereocenters. The van der Waals surface area contributed by atoms with Crippen molar-refractivity contribution in [3.63, 3.8) is 0 Å². The van der Waals surface area contributed by atoms with E-state index in [1.807, 2.05) is 24.3 Å². The quantitative estimate of drug-likeness (QED) is 0.262. The predicted molar refractivity (Wildman–Crippen MR) is 105 cm³/mol. The molecule has 2 aromatic rings. The Bertz CT molecular complexity index is 876. The normalized spacial score (nSPS) is 14.5. The van der Waals surface area contributed by atoms with E-state index in [4.69, 9.17) is 5.21 Å². The SMILES string of the molecule is CNC(=O)C(NC(=O)c1ccc(-c2ccc(N3CC(O)C3)cc2)cc1)C(=O)NO. The van der Waals surface area contributed by atoms with Crippen molar-refractivity contribution in [1.82, 2.24) is 16.1 Å². The number of aliphatic hydroxyl groups excluding tert-OH is 1. The number of amides is 3. The molecule has 9 heteroatoms. The summed E-state index contributed by atoms with van der Waals surface area (Å²) >= 11 is 0. The second kappa shape index (κ2) is 8.72. The Morgan fingerprint density at radius 1 is 0.966 bits per heavy atom. The topological polar surface area (TPSA) is 131 Å². The zero-order valence-corrected chi connectivity index (χ0v) is 15.8. The van der Waals surface area contributed by atoms with E-state index in [1.165, 1.54) is 12.5 Å². The molecule has 0 bridgehead atoms. The monoisotopic (exact) mass is 398 g/mol. The fourth-order valence-electron chi connectivity index (χ4n) is 3.02. The Balaban J connectivity index is 1.68. The lowest BCUT2D eigenvalue weighted by molar-refractivity contribution is -0.137. The molecule has 1 aliphatic heterocycles. The summed E-state index contributed by atoms with van der Waals surface area (Å²) < 4.78 is 0. The van der Waals surface area contributed by atoms with Crippen LogP contribution in [0.4, 0.5) is 5.69 Å². The van der Waals surface area contributed by atoms with Gasteiger partial charge in [-0.2, -0.15) is 0 Å². The molecule has 0 radical (unpaired) electrons. The van der Waals surface area contributed by atoms with Crippen LogP contribution in [0.3, 0.4) is 0 Å². The number of carbonyl (C=O) groups is 3. The molecule has 1 fully saturated rings. The van der Waals surface area contributed by atoms with Crippen LogP contribution in [0.1, 0.15) is 10.4 Å². The molecule has 0 aromatic heterocycles. The summed E-state index contributed by atoms with van der Waals surface area (Å²) in [6, 6.07) is 13.0. The summed E-state index contributed by atoms with van der Waals surface area (Å²) in [5.41, 5.74) is 4.52. The molecule has 9 nitrogen and oxygen atoms in total. The fraction of sp³-hybridized carbons (Fsp3) is 0.250. The van der Waals surface area contributed by atoms with Gasteiger partial charge in [-0.3, -0.25) is 19.6 Å². The number of nitrogens with one attached hydrogen (secondary N) is 3. The second-order valence-electron chi connectivity index (χ2n) is 6.68. The maximum atomic E-state index is 12.4. The highest BCUT2D eigenvalue weighted by Gasteiger charge is 2.28. The van der Waals surface area contributed by atoms with Crippen molar-refractivity contribution in [2.75, 3.05) is 25.0 Å². The molecule has 0 saturated carbocycles. The average molecular weight is 398 g/mol. The molecule has 0 aliphatic carbocycles. The zero-order valence-electron chi connectivity index (χ0n) is 15.8. The van der Waals surface area contributed by atoms with Crippen LogP contribution >= 0.6 is 0 Å². The Kier molecular flexibility index (Phi) is 6.10. The maximum Gasteiger partial charge on any atom is 0.275 e. The van der Waals surface area contributed by atoms with Gasteiger partial charge < -0.3 is 20.6 Å². The van der Waals surface area contributed by atoms with Crippen LogP contribution in [0.5, 0.6) is 0 Å². The number of anilines is 1. The molecule has 0 spiro atoms. The standard InChI is InChI=1S/C20H22N4O5/c1-21-19(27)17(20(28)23-29)22-18(26)14-4-2-12(3-5-14)13-6-8-15(9-7-13)24-10-16(25)11-24/h2-9,16-17,25,29H,10-11H2,1H3,(H,21,27)(H,22,26)(H,23,28). The van der Waals surface area contributed by atoms with Gasteiger partial charge in [0, 0.05) is 31.4 Å². The van der Waals surface area contributed by atoms with E-state index in [-0.39, 0.29) is 11.7 Å². The minimum Gasteiger partial charge on any atom is -0.389 e. The molecular formula is C20H22N4O5. The summed E-state index contributed by atoms with van der Waals surface area (Å²) in [6.45, 7) is 1.27. The number of hydrogen-bond donors (Lipinski definition) is 5.